The molecule has 1 aliphatic heterocycles. The smallest absolute Gasteiger partial charge is 0.348 e. The molecule has 0 saturated carbocycles. The molecule has 1 amide bonds. The zero-order chi connectivity index (χ0) is 21.1. The fourth-order valence-corrected chi connectivity index (χ4v) is 2.89. The molecule has 29 heavy (non-hydrogen) atoms. The minimum atomic E-state index is -1.26. The normalized spacial score (nSPS) is 16.2. The summed E-state index contributed by atoms with van der Waals surface area (Å²) in [4.78, 5) is 46.9. The number of cyclic esters (lactones) is 1. The van der Waals surface area contributed by atoms with Gasteiger partial charge >= 0.3 is 11.9 Å². The van der Waals surface area contributed by atoms with Crippen LogP contribution >= 0.6 is 11.6 Å². The summed E-state index contributed by atoms with van der Waals surface area (Å²) < 4.78 is 10.2. The summed E-state index contributed by atoms with van der Waals surface area (Å²) in [5.41, 5.74) is 0.766. The zero-order valence-electron chi connectivity index (χ0n) is 15.1. The Kier molecular flexibility index (Phi) is 5.79. The van der Waals surface area contributed by atoms with Crippen molar-refractivity contribution in [2.24, 2.45) is 0 Å². The number of nitro benzene ring substituents is 1. The number of carbonyl (C=O) groups is 3. The lowest BCUT2D eigenvalue weighted by atomic mass is 9.99. The molecular formula is C19H15ClN2O7. The maximum atomic E-state index is 12.3. The Labute approximate surface area is 169 Å². The number of fused-ring (bicyclic) bond motifs is 1. The SMILES string of the molecule is CC(OC(=O)C1Cc2ccccc2C(=O)O1)C(=O)Nc1cc([N+](=O)[O-])ccc1Cl. The number of esters is 2. The number of anilines is 1. The molecule has 2 atom stereocenters. The van der Waals surface area contributed by atoms with E-state index in [-0.39, 0.29) is 22.8 Å². The molecular weight excluding hydrogens is 404 g/mol. The Bertz CT molecular complexity index is 1010. The third-order valence-corrected chi connectivity index (χ3v) is 4.57. The predicted octanol–water partition coefficient (Wildman–Crippen LogP) is 2.90. The lowest BCUT2D eigenvalue weighted by Gasteiger charge is -2.24. The van der Waals surface area contributed by atoms with Gasteiger partial charge in [-0.3, -0.25) is 14.9 Å². The second-order valence-corrected chi connectivity index (χ2v) is 6.65. The van der Waals surface area contributed by atoms with Crippen LogP contribution in [-0.2, 0) is 25.5 Å². The average molecular weight is 419 g/mol. The largest absolute Gasteiger partial charge is 0.450 e. The lowest BCUT2D eigenvalue weighted by molar-refractivity contribution is -0.384. The van der Waals surface area contributed by atoms with Crippen molar-refractivity contribution in [2.45, 2.75) is 25.6 Å². The van der Waals surface area contributed by atoms with Gasteiger partial charge in [0.05, 0.1) is 21.2 Å². The number of ether oxygens (including phenoxy) is 2. The molecule has 0 fully saturated rings. The van der Waals surface area contributed by atoms with Gasteiger partial charge in [0.25, 0.3) is 11.6 Å². The number of nitro groups is 1. The lowest BCUT2D eigenvalue weighted by Crippen LogP contribution is -2.39. The molecule has 0 aromatic heterocycles. The van der Waals surface area contributed by atoms with Crippen LogP contribution in [0.15, 0.2) is 42.5 Å². The summed E-state index contributed by atoms with van der Waals surface area (Å²) in [5, 5.41) is 13.3. The van der Waals surface area contributed by atoms with Gasteiger partial charge in [-0.15, -0.1) is 0 Å². The number of carbonyl (C=O) groups excluding carboxylic acids is 3. The monoisotopic (exact) mass is 418 g/mol. The highest BCUT2D eigenvalue weighted by molar-refractivity contribution is 6.33. The molecule has 0 saturated heterocycles. The molecule has 9 nitrogen and oxygen atoms in total. The molecule has 0 aliphatic carbocycles. The van der Waals surface area contributed by atoms with E-state index in [4.69, 9.17) is 21.1 Å². The van der Waals surface area contributed by atoms with Crippen LogP contribution in [0.5, 0.6) is 0 Å². The standard InChI is InChI=1S/C19H15ClN2O7/c1-10(17(23)21-15-9-12(22(26)27)6-7-14(15)20)28-19(25)16-8-11-4-2-3-5-13(11)18(24)29-16/h2-7,9-10,16H,8H2,1H3,(H,21,23). The van der Waals surface area contributed by atoms with Crippen molar-refractivity contribution < 1.29 is 28.8 Å². The van der Waals surface area contributed by atoms with Crippen molar-refractivity contribution in [1.82, 2.24) is 0 Å². The summed E-state index contributed by atoms with van der Waals surface area (Å²) in [6, 6.07) is 10.3. The van der Waals surface area contributed by atoms with Crippen molar-refractivity contribution in [3.63, 3.8) is 0 Å². The highest BCUT2D eigenvalue weighted by Gasteiger charge is 2.34. The number of benzene rings is 2. The van der Waals surface area contributed by atoms with Crippen molar-refractivity contribution in [2.75, 3.05) is 5.32 Å². The quantitative estimate of drug-likeness (QED) is 0.449. The van der Waals surface area contributed by atoms with Crippen molar-refractivity contribution in [3.05, 3.63) is 68.7 Å². The van der Waals surface area contributed by atoms with E-state index in [1.807, 2.05) is 0 Å². The van der Waals surface area contributed by atoms with Crippen molar-refractivity contribution >= 4 is 40.8 Å². The van der Waals surface area contributed by atoms with Crippen LogP contribution < -0.4 is 5.32 Å². The molecule has 150 valence electrons. The molecule has 0 spiro atoms. The van der Waals surface area contributed by atoms with E-state index in [0.29, 0.717) is 11.1 Å². The van der Waals surface area contributed by atoms with E-state index in [1.54, 1.807) is 24.3 Å². The molecule has 2 aromatic rings. The molecule has 1 heterocycles. The van der Waals surface area contributed by atoms with Gasteiger partial charge in [-0.05, 0) is 24.6 Å². The molecule has 10 heteroatoms. The maximum Gasteiger partial charge on any atom is 0.348 e. The molecule has 0 radical (unpaired) electrons. The van der Waals surface area contributed by atoms with Gasteiger partial charge in [0.15, 0.2) is 6.10 Å². The Hall–Kier alpha value is -3.46. The van der Waals surface area contributed by atoms with E-state index >= 15 is 0 Å². The summed E-state index contributed by atoms with van der Waals surface area (Å²) in [6.07, 6.45) is -2.30. The molecule has 1 aliphatic rings. The third-order valence-electron chi connectivity index (χ3n) is 4.24. The first-order valence-corrected chi connectivity index (χ1v) is 8.88. The van der Waals surface area contributed by atoms with E-state index in [2.05, 4.69) is 5.32 Å². The number of hydrogen-bond donors (Lipinski definition) is 1. The first-order valence-electron chi connectivity index (χ1n) is 8.50. The van der Waals surface area contributed by atoms with Crippen LogP contribution in [0.25, 0.3) is 0 Å². The van der Waals surface area contributed by atoms with Crippen LogP contribution in [0.4, 0.5) is 11.4 Å². The molecule has 2 aromatic carbocycles. The van der Waals surface area contributed by atoms with Gasteiger partial charge in [0.2, 0.25) is 6.10 Å². The van der Waals surface area contributed by atoms with Gasteiger partial charge in [-0.1, -0.05) is 29.8 Å². The van der Waals surface area contributed by atoms with Gasteiger partial charge < -0.3 is 14.8 Å². The minimum absolute atomic E-state index is 0.00628. The highest BCUT2D eigenvalue weighted by atomic mass is 35.5. The van der Waals surface area contributed by atoms with Crippen LogP contribution in [0.2, 0.25) is 5.02 Å². The Morgan fingerprint density at radius 3 is 2.76 bits per heavy atom. The van der Waals surface area contributed by atoms with E-state index < -0.39 is 35.0 Å². The van der Waals surface area contributed by atoms with Crippen LogP contribution in [0.3, 0.4) is 0 Å². The number of nitrogens with zero attached hydrogens (tertiary/aromatic N) is 1. The van der Waals surface area contributed by atoms with Crippen LogP contribution in [0, 0.1) is 10.1 Å². The number of non-ortho nitro benzene ring substituents is 1. The molecule has 1 N–H and O–H groups in total. The topological polar surface area (TPSA) is 125 Å². The number of rotatable bonds is 5. The second kappa shape index (κ2) is 8.27. The van der Waals surface area contributed by atoms with E-state index in [9.17, 15) is 24.5 Å². The summed E-state index contributed by atoms with van der Waals surface area (Å²) in [6.45, 7) is 1.32. The van der Waals surface area contributed by atoms with Crippen molar-refractivity contribution in [3.8, 4) is 0 Å². The maximum absolute atomic E-state index is 12.3. The zero-order valence-corrected chi connectivity index (χ0v) is 15.8. The number of hydrogen-bond acceptors (Lipinski definition) is 7. The fourth-order valence-electron chi connectivity index (χ4n) is 2.72. The average Bonchev–Trinajstić information content (AvgIpc) is 2.69. The van der Waals surface area contributed by atoms with Crippen LogP contribution in [0.1, 0.15) is 22.8 Å². The molecule has 3 rings (SSSR count). The molecule has 2 unspecified atom stereocenters. The number of halogens is 1. The highest BCUT2D eigenvalue weighted by Crippen LogP contribution is 2.27. The first kappa shape index (κ1) is 20.3. The summed E-state index contributed by atoms with van der Waals surface area (Å²) in [5.74, 6) is -2.27. The predicted molar refractivity (Wildman–Crippen MR) is 102 cm³/mol. The number of amides is 1. The van der Waals surface area contributed by atoms with Gasteiger partial charge in [-0.2, -0.15) is 0 Å². The second-order valence-electron chi connectivity index (χ2n) is 6.24. The van der Waals surface area contributed by atoms with Gasteiger partial charge in [-0.25, -0.2) is 9.59 Å². The fraction of sp³-hybridized carbons (Fsp3) is 0.211. The summed E-state index contributed by atoms with van der Waals surface area (Å²) >= 11 is 5.94. The van der Waals surface area contributed by atoms with E-state index in [0.717, 1.165) is 6.07 Å². The Balaban J connectivity index is 1.64. The van der Waals surface area contributed by atoms with E-state index in [1.165, 1.54) is 19.1 Å². The van der Waals surface area contributed by atoms with Crippen molar-refractivity contribution in [1.29, 1.82) is 0 Å². The Morgan fingerprint density at radius 1 is 1.31 bits per heavy atom. The first-order chi connectivity index (χ1) is 13.8. The Morgan fingerprint density at radius 2 is 2.03 bits per heavy atom. The molecule has 0 bridgehead atoms. The van der Waals surface area contributed by atoms with Gasteiger partial charge in [0, 0.05) is 18.6 Å². The number of nitrogens with one attached hydrogen (secondary N) is 1. The van der Waals surface area contributed by atoms with Crippen LogP contribution in [-0.4, -0.2) is 35.0 Å². The minimum Gasteiger partial charge on any atom is -0.450 e. The van der Waals surface area contributed by atoms with Gasteiger partial charge in [0.1, 0.15) is 0 Å². The third kappa shape index (κ3) is 4.52. The summed E-state index contributed by atoms with van der Waals surface area (Å²) in [7, 11) is 0.